The van der Waals surface area contributed by atoms with Gasteiger partial charge in [0.1, 0.15) is 0 Å². The smallest absolute Gasteiger partial charge is 0.251 e. The van der Waals surface area contributed by atoms with Crippen LogP contribution in [0, 0.1) is 13.8 Å². The minimum atomic E-state index is -3.73. The fourth-order valence-electron chi connectivity index (χ4n) is 3.00. The van der Waals surface area contributed by atoms with Crippen molar-refractivity contribution in [2.75, 3.05) is 6.54 Å². The number of hydrogen-bond donors (Lipinski definition) is 2. The Balaban J connectivity index is 1.61. The van der Waals surface area contributed by atoms with Crippen LogP contribution < -0.4 is 10.0 Å². The number of carbonyl (C=O) groups is 1. The number of hydrogen-bond acceptors (Lipinski definition) is 4. The normalized spacial score (nSPS) is 11.4. The minimum Gasteiger partial charge on any atom is -0.352 e. The third-order valence-corrected chi connectivity index (χ3v) is 6.08. The highest BCUT2D eigenvalue weighted by Crippen LogP contribution is 2.16. The monoisotopic (exact) mass is 426 g/mol. The van der Waals surface area contributed by atoms with E-state index in [0.717, 1.165) is 23.1 Å². The molecule has 0 fully saturated rings. The van der Waals surface area contributed by atoms with Crippen LogP contribution in [0.4, 0.5) is 0 Å². The molecular formula is C22H26N4O3S. The topological polar surface area (TPSA) is 93.1 Å². The molecule has 0 aliphatic heterocycles. The van der Waals surface area contributed by atoms with E-state index in [0.29, 0.717) is 18.7 Å². The van der Waals surface area contributed by atoms with Crippen molar-refractivity contribution in [1.29, 1.82) is 0 Å². The first-order valence-electron chi connectivity index (χ1n) is 9.77. The SMILES string of the molecule is Cc1cnn(CCCNC(=O)c2cc(S(=O)(=O)NCc3ccccc3)ccc2C)c1. The molecule has 2 aromatic carbocycles. The van der Waals surface area contributed by atoms with Crippen molar-refractivity contribution in [3.05, 3.63) is 83.2 Å². The number of sulfonamides is 1. The number of aromatic nitrogens is 2. The van der Waals surface area contributed by atoms with E-state index < -0.39 is 10.0 Å². The van der Waals surface area contributed by atoms with Gasteiger partial charge in [-0.3, -0.25) is 9.48 Å². The highest BCUT2D eigenvalue weighted by Gasteiger charge is 2.18. The zero-order valence-corrected chi connectivity index (χ0v) is 17.9. The standard InChI is InChI=1S/C22H26N4O3S/c1-17-14-24-26(16-17)12-6-11-23-22(27)21-13-20(10-9-18(21)2)30(28,29)25-15-19-7-4-3-5-8-19/h3-5,7-10,13-14,16,25H,6,11-12,15H2,1-2H3,(H,23,27). The number of nitrogens with one attached hydrogen (secondary N) is 2. The van der Waals surface area contributed by atoms with Crippen LogP contribution in [-0.2, 0) is 23.1 Å². The second-order valence-electron chi connectivity index (χ2n) is 7.18. The maximum Gasteiger partial charge on any atom is 0.251 e. The molecule has 0 saturated carbocycles. The molecule has 1 amide bonds. The molecule has 1 aromatic heterocycles. The minimum absolute atomic E-state index is 0.0706. The summed E-state index contributed by atoms with van der Waals surface area (Å²) < 4.78 is 29.7. The summed E-state index contributed by atoms with van der Waals surface area (Å²) in [5.74, 6) is -0.288. The summed E-state index contributed by atoms with van der Waals surface area (Å²) in [4.78, 5) is 12.7. The molecule has 0 spiro atoms. The molecule has 3 rings (SSSR count). The Labute approximate surface area is 177 Å². The van der Waals surface area contributed by atoms with Crippen molar-refractivity contribution in [1.82, 2.24) is 19.8 Å². The van der Waals surface area contributed by atoms with Gasteiger partial charge >= 0.3 is 0 Å². The summed E-state index contributed by atoms with van der Waals surface area (Å²) >= 11 is 0. The molecule has 0 radical (unpaired) electrons. The van der Waals surface area contributed by atoms with E-state index in [1.165, 1.54) is 12.1 Å². The second-order valence-corrected chi connectivity index (χ2v) is 8.94. The fraction of sp³-hybridized carbons (Fsp3) is 0.273. The highest BCUT2D eigenvalue weighted by atomic mass is 32.2. The number of carbonyl (C=O) groups excluding carboxylic acids is 1. The zero-order chi connectivity index (χ0) is 21.6. The molecule has 3 aromatic rings. The Kier molecular flexibility index (Phi) is 7.02. The summed E-state index contributed by atoms with van der Waals surface area (Å²) in [6.07, 6.45) is 4.46. The molecule has 0 saturated heterocycles. The van der Waals surface area contributed by atoms with E-state index in [1.54, 1.807) is 19.2 Å². The molecule has 0 aliphatic rings. The summed E-state index contributed by atoms with van der Waals surface area (Å²) in [6, 6.07) is 13.9. The second kappa shape index (κ2) is 9.69. The van der Waals surface area contributed by atoms with Crippen LogP contribution in [0.15, 0.2) is 65.8 Å². The molecule has 0 unspecified atom stereocenters. The average Bonchev–Trinajstić information content (AvgIpc) is 3.15. The van der Waals surface area contributed by atoms with Crippen LogP contribution in [0.5, 0.6) is 0 Å². The van der Waals surface area contributed by atoms with Gasteiger partial charge in [-0.1, -0.05) is 36.4 Å². The molecule has 1 heterocycles. The maximum atomic E-state index is 12.7. The van der Waals surface area contributed by atoms with Crippen LogP contribution >= 0.6 is 0 Å². The Hall–Kier alpha value is -2.97. The Bertz CT molecular complexity index is 1110. The van der Waals surface area contributed by atoms with E-state index in [-0.39, 0.29) is 17.3 Å². The first-order chi connectivity index (χ1) is 14.3. The van der Waals surface area contributed by atoms with E-state index in [9.17, 15) is 13.2 Å². The van der Waals surface area contributed by atoms with Gasteiger partial charge in [-0.25, -0.2) is 13.1 Å². The van der Waals surface area contributed by atoms with Gasteiger partial charge in [0.15, 0.2) is 0 Å². The first kappa shape index (κ1) is 21.7. The first-order valence-corrected chi connectivity index (χ1v) is 11.2. The van der Waals surface area contributed by atoms with Gasteiger partial charge in [0, 0.05) is 31.4 Å². The van der Waals surface area contributed by atoms with E-state index in [4.69, 9.17) is 0 Å². The van der Waals surface area contributed by atoms with Crippen LogP contribution in [0.3, 0.4) is 0 Å². The Morgan fingerprint density at radius 3 is 2.57 bits per heavy atom. The zero-order valence-electron chi connectivity index (χ0n) is 17.1. The molecule has 30 heavy (non-hydrogen) atoms. The van der Waals surface area contributed by atoms with Gasteiger partial charge in [-0.2, -0.15) is 5.10 Å². The largest absolute Gasteiger partial charge is 0.352 e. The average molecular weight is 427 g/mol. The number of rotatable bonds is 9. The van der Waals surface area contributed by atoms with Crippen LogP contribution in [0.2, 0.25) is 0 Å². The van der Waals surface area contributed by atoms with Gasteiger partial charge in [-0.15, -0.1) is 0 Å². The van der Waals surface area contributed by atoms with Crippen LogP contribution in [0.1, 0.15) is 33.5 Å². The lowest BCUT2D eigenvalue weighted by Gasteiger charge is -2.11. The van der Waals surface area contributed by atoms with Gasteiger partial charge < -0.3 is 5.32 Å². The molecule has 7 nitrogen and oxygen atoms in total. The maximum absolute atomic E-state index is 12.7. The number of nitrogens with zero attached hydrogens (tertiary/aromatic N) is 2. The summed E-state index contributed by atoms with van der Waals surface area (Å²) in [6.45, 7) is 5.12. The van der Waals surface area contributed by atoms with Crippen molar-refractivity contribution in [2.24, 2.45) is 0 Å². The number of aryl methyl sites for hydroxylation is 3. The van der Waals surface area contributed by atoms with Crippen molar-refractivity contribution < 1.29 is 13.2 Å². The fourth-order valence-corrected chi connectivity index (χ4v) is 4.04. The molecule has 158 valence electrons. The molecule has 0 aliphatic carbocycles. The van der Waals surface area contributed by atoms with Gasteiger partial charge in [0.25, 0.3) is 5.91 Å². The molecule has 0 atom stereocenters. The summed E-state index contributed by atoms with van der Waals surface area (Å²) in [5, 5.41) is 7.07. The van der Waals surface area contributed by atoms with Crippen LogP contribution in [-0.4, -0.2) is 30.7 Å². The number of amides is 1. The van der Waals surface area contributed by atoms with E-state index in [2.05, 4.69) is 15.1 Å². The van der Waals surface area contributed by atoms with E-state index in [1.807, 2.05) is 48.1 Å². The predicted molar refractivity (Wildman–Crippen MR) is 116 cm³/mol. The lowest BCUT2D eigenvalue weighted by atomic mass is 10.1. The summed E-state index contributed by atoms with van der Waals surface area (Å²) in [7, 11) is -3.73. The van der Waals surface area contributed by atoms with E-state index >= 15 is 0 Å². The number of benzene rings is 2. The molecule has 0 bridgehead atoms. The molecular weight excluding hydrogens is 400 g/mol. The van der Waals surface area contributed by atoms with Crippen LogP contribution in [0.25, 0.3) is 0 Å². The molecule has 2 N–H and O–H groups in total. The highest BCUT2D eigenvalue weighted by molar-refractivity contribution is 7.89. The third kappa shape index (κ3) is 5.77. The van der Waals surface area contributed by atoms with Crippen molar-refractivity contribution in [3.63, 3.8) is 0 Å². The molecule has 8 heteroatoms. The lowest BCUT2D eigenvalue weighted by Crippen LogP contribution is -2.27. The Morgan fingerprint density at radius 2 is 1.87 bits per heavy atom. The van der Waals surface area contributed by atoms with Gasteiger partial charge in [0.2, 0.25) is 10.0 Å². The lowest BCUT2D eigenvalue weighted by molar-refractivity contribution is 0.0951. The van der Waals surface area contributed by atoms with Gasteiger partial charge in [0.05, 0.1) is 11.1 Å². The Morgan fingerprint density at radius 1 is 1.10 bits per heavy atom. The quantitative estimate of drug-likeness (QED) is 0.515. The summed E-state index contributed by atoms with van der Waals surface area (Å²) in [5.41, 5.74) is 3.02. The predicted octanol–water partition coefficient (Wildman–Crippen LogP) is 2.80. The van der Waals surface area contributed by atoms with Gasteiger partial charge in [-0.05, 0) is 49.1 Å². The van der Waals surface area contributed by atoms with Crippen molar-refractivity contribution in [3.8, 4) is 0 Å². The van der Waals surface area contributed by atoms with Crippen molar-refractivity contribution >= 4 is 15.9 Å². The van der Waals surface area contributed by atoms with Crippen molar-refractivity contribution in [2.45, 2.75) is 38.3 Å². The third-order valence-electron chi connectivity index (χ3n) is 4.68.